The van der Waals surface area contributed by atoms with E-state index in [1.165, 1.54) is 5.56 Å². The quantitative estimate of drug-likeness (QED) is 0.759. The molecule has 3 heteroatoms. The number of rotatable bonds is 8. The second-order valence-corrected chi connectivity index (χ2v) is 5.71. The van der Waals surface area contributed by atoms with Gasteiger partial charge in [-0.05, 0) is 61.1 Å². The SMILES string of the molecule is CCc1ccc(Oc2ccc(CC)cc2C(O)CCCO)cc1. The summed E-state index contributed by atoms with van der Waals surface area (Å²) in [5, 5.41) is 19.4. The second-order valence-electron chi connectivity index (χ2n) is 5.71. The lowest BCUT2D eigenvalue weighted by Gasteiger charge is -2.17. The molecule has 2 aromatic rings. The molecule has 0 aliphatic rings. The Labute approximate surface area is 138 Å². The van der Waals surface area contributed by atoms with Gasteiger partial charge in [-0.2, -0.15) is 0 Å². The number of aryl methyl sites for hydroxylation is 2. The molecule has 0 saturated heterocycles. The Morgan fingerprint density at radius 2 is 1.61 bits per heavy atom. The van der Waals surface area contributed by atoms with Crippen molar-refractivity contribution in [1.82, 2.24) is 0 Å². The third-order valence-electron chi connectivity index (χ3n) is 4.04. The summed E-state index contributed by atoms with van der Waals surface area (Å²) in [6.07, 6.45) is 2.37. The number of aliphatic hydroxyl groups excluding tert-OH is 2. The van der Waals surface area contributed by atoms with Gasteiger partial charge < -0.3 is 14.9 Å². The Morgan fingerprint density at radius 1 is 0.957 bits per heavy atom. The van der Waals surface area contributed by atoms with Crippen molar-refractivity contribution in [2.45, 2.75) is 45.6 Å². The van der Waals surface area contributed by atoms with E-state index < -0.39 is 6.10 Å². The van der Waals surface area contributed by atoms with Crippen LogP contribution in [0, 0.1) is 0 Å². The number of hydrogen-bond acceptors (Lipinski definition) is 3. The fraction of sp³-hybridized carbons (Fsp3) is 0.400. The molecule has 0 aliphatic heterocycles. The van der Waals surface area contributed by atoms with Gasteiger partial charge in [0.1, 0.15) is 11.5 Å². The van der Waals surface area contributed by atoms with E-state index in [1.54, 1.807) is 0 Å². The first-order chi connectivity index (χ1) is 11.2. The maximum Gasteiger partial charge on any atom is 0.133 e. The average molecular weight is 314 g/mol. The van der Waals surface area contributed by atoms with Gasteiger partial charge in [0.15, 0.2) is 0 Å². The Hall–Kier alpha value is -1.84. The van der Waals surface area contributed by atoms with Crippen molar-refractivity contribution in [2.24, 2.45) is 0 Å². The molecule has 0 saturated carbocycles. The highest BCUT2D eigenvalue weighted by Gasteiger charge is 2.15. The summed E-state index contributed by atoms with van der Waals surface area (Å²) in [4.78, 5) is 0. The Balaban J connectivity index is 2.24. The van der Waals surface area contributed by atoms with Crippen LogP contribution in [0.4, 0.5) is 0 Å². The number of ether oxygens (including phenoxy) is 1. The van der Waals surface area contributed by atoms with Crippen molar-refractivity contribution in [2.75, 3.05) is 6.61 Å². The first-order valence-electron chi connectivity index (χ1n) is 8.36. The van der Waals surface area contributed by atoms with Crippen molar-refractivity contribution in [3.05, 3.63) is 59.2 Å². The van der Waals surface area contributed by atoms with E-state index in [9.17, 15) is 5.11 Å². The minimum Gasteiger partial charge on any atom is -0.457 e. The fourth-order valence-electron chi connectivity index (χ4n) is 2.53. The molecule has 2 rings (SSSR count). The van der Waals surface area contributed by atoms with Crippen molar-refractivity contribution in [1.29, 1.82) is 0 Å². The highest BCUT2D eigenvalue weighted by atomic mass is 16.5. The van der Waals surface area contributed by atoms with Gasteiger partial charge in [-0.15, -0.1) is 0 Å². The maximum absolute atomic E-state index is 10.4. The zero-order valence-corrected chi connectivity index (χ0v) is 14.0. The molecule has 0 spiro atoms. The van der Waals surface area contributed by atoms with E-state index in [2.05, 4.69) is 26.0 Å². The van der Waals surface area contributed by atoms with Gasteiger partial charge in [-0.1, -0.05) is 32.0 Å². The third kappa shape index (κ3) is 4.81. The van der Waals surface area contributed by atoms with Gasteiger partial charge in [0.25, 0.3) is 0 Å². The predicted molar refractivity (Wildman–Crippen MR) is 93.0 cm³/mol. The summed E-state index contributed by atoms with van der Waals surface area (Å²) in [5.41, 5.74) is 3.22. The predicted octanol–water partition coefficient (Wildman–Crippen LogP) is 4.41. The van der Waals surface area contributed by atoms with Gasteiger partial charge in [-0.25, -0.2) is 0 Å². The molecule has 23 heavy (non-hydrogen) atoms. The molecule has 124 valence electrons. The monoisotopic (exact) mass is 314 g/mol. The lowest BCUT2D eigenvalue weighted by molar-refractivity contribution is 0.149. The van der Waals surface area contributed by atoms with Crippen LogP contribution in [0.1, 0.15) is 49.5 Å². The number of benzene rings is 2. The molecule has 0 radical (unpaired) electrons. The average Bonchev–Trinajstić information content (AvgIpc) is 2.60. The standard InChI is InChI=1S/C20H26O3/c1-3-15-7-10-17(11-8-15)23-20-12-9-16(4-2)14-18(20)19(22)6-5-13-21/h7-12,14,19,21-22H,3-6,13H2,1-2H3. The molecule has 2 N–H and O–H groups in total. The normalized spacial score (nSPS) is 12.2. The largest absolute Gasteiger partial charge is 0.457 e. The van der Waals surface area contributed by atoms with Gasteiger partial charge in [-0.3, -0.25) is 0 Å². The molecular weight excluding hydrogens is 288 g/mol. The Bertz CT molecular complexity index is 605. The van der Waals surface area contributed by atoms with Gasteiger partial charge in [0, 0.05) is 12.2 Å². The van der Waals surface area contributed by atoms with Crippen LogP contribution >= 0.6 is 0 Å². The summed E-state index contributed by atoms with van der Waals surface area (Å²) < 4.78 is 5.99. The van der Waals surface area contributed by atoms with Crippen LogP contribution in [0.3, 0.4) is 0 Å². The molecule has 0 bridgehead atoms. The van der Waals surface area contributed by atoms with E-state index in [-0.39, 0.29) is 6.61 Å². The van der Waals surface area contributed by atoms with Crippen LogP contribution in [-0.4, -0.2) is 16.8 Å². The lowest BCUT2D eigenvalue weighted by Crippen LogP contribution is -2.03. The summed E-state index contributed by atoms with van der Waals surface area (Å²) in [6, 6.07) is 14.0. The molecule has 0 heterocycles. The first kappa shape index (κ1) is 17.5. The minimum atomic E-state index is -0.626. The summed E-state index contributed by atoms with van der Waals surface area (Å²) in [6.45, 7) is 4.29. The van der Waals surface area contributed by atoms with Gasteiger partial charge in [0.05, 0.1) is 6.10 Å². The topological polar surface area (TPSA) is 49.7 Å². The Kier molecular flexibility index (Phi) is 6.63. The van der Waals surface area contributed by atoms with Gasteiger partial charge in [0.2, 0.25) is 0 Å². The minimum absolute atomic E-state index is 0.0825. The summed E-state index contributed by atoms with van der Waals surface area (Å²) in [5.74, 6) is 1.44. The highest BCUT2D eigenvalue weighted by molar-refractivity contribution is 5.42. The highest BCUT2D eigenvalue weighted by Crippen LogP contribution is 2.33. The van der Waals surface area contributed by atoms with Crippen molar-refractivity contribution < 1.29 is 14.9 Å². The molecular formula is C20H26O3. The molecule has 0 aliphatic carbocycles. The smallest absolute Gasteiger partial charge is 0.133 e. The van der Waals surface area contributed by atoms with Gasteiger partial charge >= 0.3 is 0 Å². The van der Waals surface area contributed by atoms with Crippen LogP contribution in [0.5, 0.6) is 11.5 Å². The Morgan fingerprint density at radius 3 is 2.22 bits per heavy atom. The van der Waals surface area contributed by atoms with E-state index in [4.69, 9.17) is 9.84 Å². The summed E-state index contributed by atoms with van der Waals surface area (Å²) in [7, 11) is 0. The third-order valence-corrected chi connectivity index (χ3v) is 4.04. The molecule has 1 unspecified atom stereocenters. The number of hydrogen-bond donors (Lipinski definition) is 2. The van der Waals surface area contributed by atoms with Crippen LogP contribution in [0.15, 0.2) is 42.5 Å². The second kappa shape index (κ2) is 8.70. The molecule has 0 aromatic heterocycles. The van der Waals surface area contributed by atoms with Crippen LogP contribution in [0.2, 0.25) is 0 Å². The summed E-state index contributed by atoms with van der Waals surface area (Å²) >= 11 is 0. The lowest BCUT2D eigenvalue weighted by atomic mass is 10.0. The molecule has 0 amide bonds. The molecule has 2 aromatic carbocycles. The zero-order valence-electron chi connectivity index (χ0n) is 14.0. The van der Waals surface area contributed by atoms with E-state index in [0.717, 1.165) is 29.7 Å². The maximum atomic E-state index is 10.4. The van der Waals surface area contributed by atoms with Crippen molar-refractivity contribution in [3.63, 3.8) is 0 Å². The van der Waals surface area contributed by atoms with E-state index in [0.29, 0.717) is 18.6 Å². The van der Waals surface area contributed by atoms with E-state index in [1.807, 2.05) is 30.3 Å². The zero-order chi connectivity index (χ0) is 16.7. The fourth-order valence-corrected chi connectivity index (χ4v) is 2.53. The van der Waals surface area contributed by atoms with E-state index >= 15 is 0 Å². The first-order valence-corrected chi connectivity index (χ1v) is 8.36. The van der Waals surface area contributed by atoms with Crippen LogP contribution in [-0.2, 0) is 12.8 Å². The van der Waals surface area contributed by atoms with Crippen molar-refractivity contribution in [3.8, 4) is 11.5 Å². The van der Waals surface area contributed by atoms with Crippen LogP contribution < -0.4 is 4.74 Å². The molecule has 1 atom stereocenters. The molecule has 0 fully saturated rings. The van der Waals surface area contributed by atoms with Crippen molar-refractivity contribution >= 4 is 0 Å². The number of aliphatic hydroxyl groups is 2. The van der Waals surface area contributed by atoms with Crippen LogP contribution in [0.25, 0.3) is 0 Å². The molecule has 3 nitrogen and oxygen atoms in total.